The summed E-state index contributed by atoms with van der Waals surface area (Å²) in [6, 6.07) is 4.00. The first-order chi connectivity index (χ1) is 8.21. The van der Waals surface area contributed by atoms with E-state index in [-0.39, 0.29) is 11.9 Å². The highest BCUT2D eigenvalue weighted by atomic mass is 19.4. The molecular formula is C12H15F3N2O. The Bertz CT molecular complexity index is 412. The number of likely N-dealkylation sites (N-methyl/N-ethyl adjacent to an activating group) is 1. The Morgan fingerprint density at radius 1 is 1.22 bits per heavy atom. The molecule has 100 valence electrons. The van der Waals surface area contributed by atoms with Gasteiger partial charge in [-0.15, -0.1) is 0 Å². The van der Waals surface area contributed by atoms with Crippen LogP contribution in [0, 0.1) is 0 Å². The summed E-state index contributed by atoms with van der Waals surface area (Å²) in [6.07, 6.45) is -4.36. The van der Waals surface area contributed by atoms with E-state index in [0.29, 0.717) is 5.69 Å². The molecule has 0 saturated carbocycles. The van der Waals surface area contributed by atoms with Crippen molar-refractivity contribution in [3.05, 3.63) is 29.8 Å². The van der Waals surface area contributed by atoms with Crippen molar-refractivity contribution in [1.29, 1.82) is 0 Å². The predicted octanol–water partition coefficient (Wildman–Crippen LogP) is 2.59. The quantitative estimate of drug-likeness (QED) is 0.906. The number of halogens is 3. The number of carbonyl (C=O) groups excluding carboxylic acids is 1. The molecule has 0 radical (unpaired) electrons. The number of anilines is 1. The SMILES string of the molecule is CC(C(=O)Nc1ccc(C(F)(F)F)cc1)N(C)C. The van der Waals surface area contributed by atoms with Gasteiger partial charge in [0.05, 0.1) is 11.6 Å². The van der Waals surface area contributed by atoms with Gasteiger partial charge in [0.25, 0.3) is 0 Å². The van der Waals surface area contributed by atoms with Gasteiger partial charge in [-0.3, -0.25) is 9.69 Å². The van der Waals surface area contributed by atoms with Crippen LogP contribution in [0.5, 0.6) is 0 Å². The molecule has 0 aliphatic rings. The predicted molar refractivity (Wildman–Crippen MR) is 63.2 cm³/mol. The fourth-order valence-electron chi connectivity index (χ4n) is 1.22. The van der Waals surface area contributed by atoms with E-state index in [1.807, 2.05) is 0 Å². The monoisotopic (exact) mass is 260 g/mol. The second-order valence-corrected chi connectivity index (χ2v) is 4.20. The van der Waals surface area contributed by atoms with Crippen molar-refractivity contribution >= 4 is 11.6 Å². The maximum Gasteiger partial charge on any atom is 0.416 e. The van der Waals surface area contributed by atoms with Crippen molar-refractivity contribution < 1.29 is 18.0 Å². The number of nitrogens with zero attached hydrogens (tertiary/aromatic N) is 1. The largest absolute Gasteiger partial charge is 0.416 e. The molecule has 1 atom stereocenters. The van der Waals surface area contributed by atoms with Crippen LogP contribution in [0.25, 0.3) is 0 Å². The van der Waals surface area contributed by atoms with Crippen molar-refractivity contribution in [3.8, 4) is 0 Å². The molecule has 1 aromatic carbocycles. The molecule has 0 aliphatic heterocycles. The number of nitrogens with one attached hydrogen (secondary N) is 1. The zero-order chi connectivity index (χ0) is 13.9. The molecule has 18 heavy (non-hydrogen) atoms. The Hall–Kier alpha value is -1.56. The highest BCUT2D eigenvalue weighted by Gasteiger charge is 2.30. The standard InChI is InChI=1S/C12H15F3N2O/c1-8(17(2)3)11(18)16-10-6-4-9(5-7-10)12(13,14)15/h4-8H,1-3H3,(H,16,18). The van der Waals surface area contributed by atoms with Crippen LogP contribution >= 0.6 is 0 Å². The smallest absolute Gasteiger partial charge is 0.325 e. The second kappa shape index (κ2) is 5.39. The third-order valence-electron chi connectivity index (χ3n) is 2.63. The number of carbonyl (C=O) groups is 1. The molecule has 0 fully saturated rings. The van der Waals surface area contributed by atoms with Gasteiger partial charge >= 0.3 is 6.18 Å². The lowest BCUT2D eigenvalue weighted by Gasteiger charge is -2.19. The third-order valence-corrected chi connectivity index (χ3v) is 2.63. The van der Waals surface area contributed by atoms with Crippen LogP contribution in [0.3, 0.4) is 0 Å². The van der Waals surface area contributed by atoms with Crippen molar-refractivity contribution in [3.63, 3.8) is 0 Å². The Morgan fingerprint density at radius 2 is 1.72 bits per heavy atom. The Kier molecular flexibility index (Phi) is 4.34. The van der Waals surface area contributed by atoms with Crippen LogP contribution in [-0.2, 0) is 11.0 Å². The molecular weight excluding hydrogens is 245 g/mol. The average molecular weight is 260 g/mol. The fourth-order valence-corrected chi connectivity index (χ4v) is 1.22. The van der Waals surface area contributed by atoms with Gasteiger partial charge < -0.3 is 5.32 Å². The second-order valence-electron chi connectivity index (χ2n) is 4.20. The van der Waals surface area contributed by atoms with Gasteiger partial charge in [0.2, 0.25) is 5.91 Å². The minimum absolute atomic E-state index is 0.264. The van der Waals surface area contributed by atoms with Crippen LogP contribution in [0.4, 0.5) is 18.9 Å². The van der Waals surface area contributed by atoms with Gasteiger partial charge in [0.1, 0.15) is 0 Å². The fraction of sp³-hybridized carbons (Fsp3) is 0.417. The molecule has 1 rings (SSSR count). The Morgan fingerprint density at radius 3 is 2.11 bits per heavy atom. The molecule has 0 bridgehead atoms. The molecule has 3 nitrogen and oxygen atoms in total. The molecule has 1 amide bonds. The molecule has 0 aliphatic carbocycles. The van der Waals surface area contributed by atoms with Gasteiger partial charge in [0, 0.05) is 5.69 Å². The normalized spacial score (nSPS) is 13.5. The zero-order valence-electron chi connectivity index (χ0n) is 10.4. The number of rotatable bonds is 3. The number of alkyl halides is 3. The zero-order valence-corrected chi connectivity index (χ0v) is 10.4. The summed E-state index contributed by atoms with van der Waals surface area (Å²) in [7, 11) is 3.49. The van der Waals surface area contributed by atoms with E-state index in [2.05, 4.69) is 5.32 Å². The lowest BCUT2D eigenvalue weighted by Crippen LogP contribution is -2.37. The van der Waals surface area contributed by atoms with Crippen molar-refractivity contribution in [1.82, 2.24) is 4.90 Å². The number of hydrogen-bond donors (Lipinski definition) is 1. The molecule has 1 aromatic rings. The lowest BCUT2D eigenvalue weighted by molar-refractivity contribution is -0.137. The highest BCUT2D eigenvalue weighted by molar-refractivity contribution is 5.94. The van der Waals surface area contributed by atoms with E-state index >= 15 is 0 Å². The first-order valence-corrected chi connectivity index (χ1v) is 5.36. The minimum Gasteiger partial charge on any atom is -0.325 e. The summed E-state index contributed by atoms with van der Waals surface area (Å²) in [6.45, 7) is 1.71. The van der Waals surface area contributed by atoms with E-state index in [4.69, 9.17) is 0 Å². The summed E-state index contributed by atoms with van der Waals surface area (Å²) in [5.41, 5.74) is -0.386. The van der Waals surface area contributed by atoms with Gasteiger partial charge in [-0.05, 0) is 45.3 Å². The Balaban J connectivity index is 2.73. The van der Waals surface area contributed by atoms with E-state index in [1.54, 1.807) is 25.9 Å². The first-order valence-electron chi connectivity index (χ1n) is 5.36. The molecule has 0 aromatic heterocycles. The van der Waals surface area contributed by atoms with E-state index in [9.17, 15) is 18.0 Å². The molecule has 1 N–H and O–H groups in total. The van der Waals surface area contributed by atoms with Crippen molar-refractivity contribution in [2.75, 3.05) is 19.4 Å². The number of hydrogen-bond acceptors (Lipinski definition) is 2. The molecule has 0 saturated heterocycles. The van der Waals surface area contributed by atoms with Crippen LogP contribution in [0.1, 0.15) is 12.5 Å². The van der Waals surface area contributed by atoms with E-state index < -0.39 is 11.7 Å². The van der Waals surface area contributed by atoms with Crippen LogP contribution < -0.4 is 5.32 Å². The number of amides is 1. The average Bonchev–Trinajstić information content (AvgIpc) is 2.27. The summed E-state index contributed by atoms with van der Waals surface area (Å²) in [4.78, 5) is 13.4. The molecule has 6 heteroatoms. The summed E-state index contributed by atoms with van der Waals surface area (Å²) < 4.78 is 37.0. The maximum absolute atomic E-state index is 12.3. The summed E-state index contributed by atoms with van der Waals surface area (Å²) in [5.74, 6) is -0.264. The van der Waals surface area contributed by atoms with E-state index in [0.717, 1.165) is 12.1 Å². The van der Waals surface area contributed by atoms with Gasteiger partial charge in [-0.25, -0.2) is 0 Å². The van der Waals surface area contributed by atoms with Gasteiger partial charge in [0.15, 0.2) is 0 Å². The highest BCUT2D eigenvalue weighted by Crippen LogP contribution is 2.29. The third kappa shape index (κ3) is 3.73. The van der Waals surface area contributed by atoms with Crippen LogP contribution in [-0.4, -0.2) is 30.9 Å². The number of benzene rings is 1. The lowest BCUT2D eigenvalue weighted by atomic mass is 10.2. The van der Waals surface area contributed by atoms with Gasteiger partial charge in [-0.2, -0.15) is 13.2 Å². The summed E-state index contributed by atoms with van der Waals surface area (Å²) in [5, 5.41) is 2.55. The van der Waals surface area contributed by atoms with Crippen molar-refractivity contribution in [2.24, 2.45) is 0 Å². The van der Waals surface area contributed by atoms with Gasteiger partial charge in [-0.1, -0.05) is 0 Å². The summed E-state index contributed by atoms with van der Waals surface area (Å²) >= 11 is 0. The molecule has 0 spiro atoms. The first kappa shape index (κ1) is 14.5. The van der Waals surface area contributed by atoms with Crippen LogP contribution in [0.2, 0.25) is 0 Å². The van der Waals surface area contributed by atoms with Crippen LogP contribution in [0.15, 0.2) is 24.3 Å². The minimum atomic E-state index is -4.36. The topological polar surface area (TPSA) is 32.3 Å². The van der Waals surface area contributed by atoms with E-state index in [1.165, 1.54) is 12.1 Å². The maximum atomic E-state index is 12.3. The molecule has 1 unspecified atom stereocenters. The Labute approximate surface area is 104 Å². The molecule has 0 heterocycles. The van der Waals surface area contributed by atoms with Crippen molar-refractivity contribution in [2.45, 2.75) is 19.1 Å².